The summed E-state index contributed by atoms with van der Waals surface area (Å²) < 4.78 is 84.4. The summed E-state index contributed by atoms with van der Waals surface area (Å²) in [6.07, 6.45) is 11.7. The molecule has 0 aromatic rings. The average Bonchev–Trinajstić information content (AvgIpc) is 0.883. The van der Waals surface area contributed by atoms with Crippen molar-refractivity contribution in [3.8, 4) is 0 Å². The van der Waals surface area contributed by atoms with Crippen LogP contribution in [-0.4, -0.2) is 143 Å². The molecule has 0 N–H and O–H groups in total. The largest absolute Gasteiger partial charge is 0.379 e. The molecule has 0 spiro atoms. The first-order valence-electron chi connectivity index (χ1n) is 44.5. The zero-order valence-corrected chi connectivity index (χ0v) is 84.1. The molecule has 0 heterocycles. The minimum atomic E-state index is -1.21. The molecule has 0 aliphatic heterocycles. The Bertz CT molecular complexity index is 1500. The molecule has 0 atom stereocenters. The van der Waals surface area contributed by atoms with E-state index in [-0.39, 0.29) is 91.5 Å². The van der Waals surface area contributed by atoms with Crippen molar-refractivity contribution in [1.29, 1.82) is 0 Å². The summed E-state index contributed by atoms with van der Waals surface area (Å²) >= 11 is 0. The second-order valence-corrected chi connectivity index (χ2v) is 37.5. The lowest BCUT2D eigenvalue weighted by atomic mass is 9.84. The van der Waals surface area contributed by atoms with Crippen LogP contribution in [0.2, 0.25) is 0 Å². The topological polar surface area (TPSA) is 128 Å². The molecule has 716 valence electrons. The molecule has 0 saturated heterocycles. The van der Waals surface area contributed by atoms with Crippen molar-refractivity contribution in [2.24, 2.45) is 71.0 Å². The molecule has 0 aromatic carbocycles. The Morgan fingerprint density at radius 1 is 0.289 bits per heavy atom. The first kappa shape index (κ1) is 151. The fourth-order valence-electron chi connectivity index (χ4n) is 7.85. The zero-order chi connectivity index (χ0) is 90.0. The van der Waals surface area contributed by atoms with Gasteiger partial charge in [0.1, 0.15) is 18.2 Å². The van der Waals surface area contributed by atoms with Crippen LogP contribution in [0.4, 0.5) is 4.39 Å². The summed E-state index contributed by atoms with van der Waals surface area (Å²) in [5.41, 5.74) is -1.00. The highest BCUT2D eigenvalue weighted by molar-refractivity contribution is 5.80. The van der Waals surface area contributed by atoms with Crippen molar-refractivity contribution < 1.29 is 67.4 Å². The number of hydrogen-bond donors (Lipinski definition) is 0. The number of carbonyl (C=O) groups is 1. The van der Waals surface area contributed by atoms with E-state index in [1.54, 1.807) is 13.8 Å². The molecule has 0 aromatic heterocycles. The second-order valence-electron chi connectivity index (χ2n) is 37.5. The summed E-state index contributed by atoms with van der Waals surface area (Å²) in [5.74, 6) is 7.46. The standard InChI is InChI=1S/C9H20O2.C9H18O.C9H20.C8H17F.2C8H18O2.2C8H18O.C7H16O2.2C7H16O.C7H16.5CH4/c1-7(2)10-9(5,6)11-8(3)4;1-7(2)5-6-9(10)8(3)4;1-8(2)6-5-7-9(3)4;1-6(2)8(5,9)7(3)4;1-7(2)9-5-6-10-8(3)4;1-6(2)9-8(5)10-7(3)4;2*1-7(2)5-6-9-8(3)4;1-6(2)8-5-9-7(3)4;2*1-6(2)5-8-7(3)4;1-6(2)5-7(3)4;;;;;/h7-8H,1-6H3;7-8H,5-6H2,1-4H3;8-9H,5-7H2,1-4H3;6-7H,1-5H3;7-8H,5-6H2,1-4H3;6-8H,1-5H3;2*7-8H,5-6H2,1-4H3;6-7H,5H2,1-4H3;2*6-7H,5H2,1-4H3;6-7H,5H2,1-4H3;5*1H4/i;;;;;8D;;;;;;;;;;;. The fraction of sp³-hybridized carbons (Fsp3) is 0.990. The van der Waals surface area contributed by atoms with Gasteiger partial charge < -0.3 is 56.8 Å². The van der Waals surface area contributed by atoms with Crippen molar-refractivity contribution in [3.05, 3.63) is 0 Å². The van der Waals surface area contributed by atoms with E-state index in [2.05, 4.69) is 180 Å². The van der Waals surface area contributed by atoms with Gasteiger partial charge in [-0.15, -0.1) is 0 Å². The molecule has 0 amide bonds. The van der Waals surface area contributed by atoms with Gasteiger partial charge in [-0.25, -0.2) is 4.39 Å². The van der Waals surface area contributed by atoms with E-state index in [9.17, 15) is 9.18 Å². The maximum atomic E-state index is 13.3. The number of halogens is 1. The summed E-state index contributed by atoms with van der Waals surface area (Å²) in [4.78, 5) is 11.0. The Morgan fingerprint density at radius 3 is 0.675 bits per heavy atom. The van der Waals surface area contributed by atoms with E-state index in [4.69, 9.17) is 58.2 Å². The first-order valence-corrected chi connectivity index (χ1v) is 44.0. The number of Topliss-reactive ketones (excluding diaryl/α,β-unsaturated/α-hetero) is 1. The lowest BCUT2D eigenvalue weighted by Crippen LogP contribution is -2.33. The molecule has 0 fully saturated rings. The van der Waals surface area contributed by atoms with Gasteiger partial charge in [-0.3, -0.25) is 4.79 Å². The van der Waals surface area contributed by atoms with Crippen molar-refractivity contribution in [1.82, 2.24) is 0 Å². The highest BCUT2D eigenvalue weighted by Gasteiger charge is 2.31. The quantitative estimate of drug-likeness (QED) is 0.0425. The van der Waals surface area contributed by atoms with Crippen LogP contribution in [0.5, 0.6) is 0 Å². The molecule has 0 bridgehead atoms. The van der Waals surface area contributed by atoms with Crippen molar-refractivity contribution >= 4 is 5.78 Å². The van der Waals surface area contributed by atoms with Crippen LogP contribution in [0.3, 0.4) is 0 Å². The summed E-state index contributed by atoms with van der Waals surface area (Å²) in [6.45, 7) is 112. The summed E-state index contributed by atoms with van der Waals surface area (Å²) in [7, 11) is 0. The lowest BCUT2D eigenvalue weighted by molar-refractivity contribution is -0.246. The Hall–Kier alpha value is -0.880. The van der Waals surface area contributed by atoms with Crippen LogP contribution in [0.25, 0.3) is 0 Å². The van der Waals surface area contributed by atoms with E-state index in [1.165, 1.54) is 38.5 Å². The van der Waals surface area contributed by atoms with Gasteiger partial charge in [0.15, 0.2) is 12.1 Å². The minimum Gasteiger partial charge on any atom is -0.379 e. The zero-order valence-electron chi connectivity index (χ0n) is 85.1. The molecule has 0 rings (SSSR count). The van der Waals surface area contributed by atoms with Crippen LogP contribution in [0.15, 0.2) is 0 Å². The van der Waals surface area contributed by atoms with Gasteiger partial charge >= 0.3 is 0 Å². The molecule has 0 unspecified atom stereocenters. The number of alkyl halides is 1. The molecular formula is C100H231FO13. The van der Waals surface area contributed by atoms with Gasteiger partial charge in [-0.1, -0.05) is 223 Å². The maximum absolute atomic E-state index is 13.3. The highest BCUT2D eigenvalue weighted by atomic mass is 19.1. The van der Waals surface area contributed by atoms with E-state index >= 15 is 0 Å². The van der Waals surface area contributed by atoms with Crippen molar-refractivity contribution in [2.75, 3.05) is 46.4 Å². The van der Waals surface area contributed by atoms with Gasteiger partial charge in [0.25, 0.3) is 0 Å². The predicted molar refractivity (Wildman–Crippen MR) is 515 cm³/mol. The van der Waals surface area contributed by atoms with Crippen LogP contribution >= 0.6 is 0 Å². The van der Waals surface area contributed by atoms with Gasteiger partial charge in [0.2, 0.25) is 0 Å². The summed E-state index contributed by atoms with van der Waals surface area (Å²) in [6, 6.07) is 0. The van der Waals surface area contributed by atoms with Gasteiger partial charge in [-0.2, -0.15) is 0 Å². The minimum absolute atomic E-state index is 0. The number of hydrogen-bond acceptors (Lipinski definition) is 13. The molecule has 0 aliphatic rings. The first-order chi connectivity index (χ1) is 49.6. The van der Waals surface area contributed by atoms with Crippen LogP contribution in [0, 0.1) is 71.0 Å². The Labute approximate surface area is 726 Å². The third-order valence-electron chi connectivity index (χ3n) is 13.8. The van der Waals surface area contributed by atoms with E-state index in [0.29, 0.717) is 80.2 Å². The fourth-order valence-corrected chi connectivity index (χ4v) is 7.85. The Morgan fingerprint density at radius 2 is 0.526 bits per heavy atom. The molecule has 13 nitrogen and oxygen atoms in total. The maximum Gasteiger partial charge on any atom is 0.163 e. The van der Waals surface area contributed by atoms with Crippen molar-refractivity contribution in [3.63, 3.8) is 0 Å². The summed E-state index contributed by atoms with van der Waals surface area (Å²) in [5, 5.41) is 0. The van der Waals surface area contributed by atoms with E-state index in [1.807, 2.05) is 166 Å². The molecule has 14 heteroatoms. The van der Waals surface area contributed by atoms with Gasteiger partial charge in [-0.05, 0) is 285 Å². The van der Waals surface area contributed by atoms with Crippen LogP contribution < -0.4 is 0 Å². The molecule has 0 saturated carbocycles. The molecular weight excluding hydrogens is 1430 g/mol. The van der Waals surface area contributed by atoms with E-state index < -0.39 is 17.7 Å². The van der Waals surface area contributed by atoms with Gasteiger partial charge in [0, 0.05) is 38.8 Å². The van der Waals surface area contributed by atoms with Crippen LogP contribution in [-0.2, 0) is 61.6 Å². The van der Waals surface area contributed by atoms with Crippen LogP contribution in [0.1, 0.15) is 450 Å². The smallest absolute Gasteiger partial charge is 0.163 e. The third-order valence-corrected chi connectivity index (χ3v) is 13.8. The van der Waals surface area contributed by atoms with Gasteiger partial charge in [0.05, 0.1) is 87.8 Å². The predicted octanol–water partition coefficient (Wildman–Crippen LogP) is 32.4. The molecule has 0 aliphatic carbocycles. The highest BCUT2D eigenvalue weighted by Crippen LogP contribution is 2.29. The number of ether oxygens (including phenoxy) is 12. The molecule has 114 heavy (non-hydrogen) atoms. The SMILES string of the molecule is C.C.C.C.C.CC(C)C(C)(F)C(C)C.CC(C)CC(C)C.CC(C)CCC(=O)C(C)C.CC(C)CCCC(C)C.CC(C)CCOC(C)C.CC(C)CCOC(C)C.CC(C)COC(C)C.CC(C)COC(C)C.CC(C)OC(C)(C)OC(C)C.CC(C)OCCOC(C)C.CC(C)OCOC(C)C.[2H]C(C)(OC(C)C)OC(C)C. The third kappa shape index (κ3) is 195. The number of carbonyl (C=O) groups excluding carboxylic acids is 1. The normalized spacial score (nSPS) is 11.4. The average molecular weight is 1660 g/mol. The Balaban J connectivity index is -0.0000000606. The second kappa shape index (κ2) is 103. The monoisotopic (exact) mass is 1660 g/mol. The van der Waals surface area contributed by atoms with Crippen molar-refractivity contribution in [2.45, 2.75) is 540 Å². The van der Waals surface area contributed by atoms with E-state index in [0.717, 1.165) is 74.8 Å². The molecule has 0 radical (unpaired) electrons. The Kier molecular flexibility index (Phi) is 136. The lowest BCUT2D eigenvalue weighted by Gasteiger charge is -2.29. The number of rotatable bonds is 43. The number of ketones is 1.